The van der Waals surface area contributed by atoms with Crippen molar-refractivity contribution in [2.45, 2.75) is 17.7 Å². The molecule has 2 rings (SSSR count). The van der Waals surface area contributed by atoms with Crippen molar-refractivity contribution in [1.82, 2.24) is 9.62 Å². The van der Waals surface area contributed by atoms with Gasteiger partial charge in [0, 0.05) is 19.6 Å². The zero-order valence-corrected chi connectivity index (χ0v) is 13.0. The lowest BCUT2D eigenvalue weighted by molar-refractivity contribution is -0.123. The normalized spacial score (nSPS) is 15.7. The molecule has 0 radical (unpaired) electrons. The molecule has 8 heteroatoms. The highest BCUT2D eigenvalue weighted by atomic mass is 32.2. The molecule has 0 aliphatic carbocycles. The molecule has 1 aromatic carbocycles. The number of rotatable bonds is 7. The second kappa shape index (κ2) is 7.57. The molecule has 1 amide bonds. The van der Waals surface area contributed by atoms with Gasteiger partial charge in [0.1, 0.15) is 5.75 Å². The Morgan fingerprint density at radius 1 is 1.23 bits per heavy atom. The first-order valence-electron chi connectivity index (χ1n) is 7.14. The third kappa shape index (κ3) is 4.19. The van der Waals surface area contributed by atoms with Crippen LogP contribution >= 0.6 is 0 Å². The molecule has 1 saturated heterocycles. The first kappa shape index (κ1) is 16.7. The number of hydrogen-bond acceptors (Lipinski definition) is 5. The van der Waals surface area contributed by atoms with Gasteiger partial charge in [0.05, 0.1) is 11.5 Å². The molecule has 0 bridgehead atoms. The third-order valence-corrected chi connectivity index (χ3v) is 5.24. The van der Waals surface area contributed by atoms with Crippen LogP contribution in [-0.4, -0.2) is 56.6 Å². The van der Waals surface area contributed by atoms with Crippen LogP contribution in [0.2, 0.25) is 0 Å². The van der Waals surface area contributed by atoms with Crippen molar-refractivity contribution in [2.75, 3.05) is 32.8 Å². The molecular formula is C14H20N2O5S. The van der Waals surface area contributed by atoms with Crippen LogP contribution in [0.4, 0.5) is 0 Å². The van der Waals surface area contributed by atoms with E-state index in [2.05, 4.69) is 5.32 Å². The maximum Gasteiger partial charge on any atom is 0.258 e. The minimum Gasteiger partial charge on any atom is -0.484 e. The smallest absolute Gasteiger partial charge is 0.258 e. The number of aliphatic hydroxyl groups is 1. The van der Waals surface area contributed by atoms with Crippen LogP contribution in [0.25, 0.3) is 0 Å². The van der Waals surface area contributed by atoms with Crippen molar-refractivity contribution in [1.29, 1.82) is 0 Å². The molecule has 1 aliphatic heterocycles. The molecule has 7 nitrogen and oxygen atoms in total. The zero-order chi connectivity index (χ0) is 16.0. The van der Waals surface area contributed by atoms with Gasteiger partial charge in [-0.25, -0.2) is 8.42 Å². The number of hydrogen-bond donors (Lipinski definition) is 2. The average molecular weight is 328 g/mol. The van der Waals surface area contributed by atoms with Crippen LogP contribution in [0.15, 0.2) is 29.2 Å². The number of aliphatic hydroxyl groups excluding tert-OH is 1. The molecule has 22 heavy (non-hydrogen) atoms. The Kier molecular flexibility index (Phi) is 5.76. The predicted octanol–water partition coefficient (Wildman–Crippen LogP) is -0.0416. The van der Waals surface area contributed by atoms with Gasteiger partial charge >= 0.3 is 0 Å². The molecule has 1 aromatic rings. The summed E-state index contributed by atoms with van der Waals surface area (Å²) in [5.74, 6) is 0.0716. The average Bonchev–Trinajstić information content (AvgIpc) is 3.06. The van der Waals surface area contributed by atoms with Crippen molar-refractivity contribution in [3.8, 4) is 5.75 Å². The summed E-state index contributed by atoms with van der Waals surface area (Å²) >= 11 is 0. The number of carbonyl (C=O) groups excluding carboxylic acids is 1. The van der Waals surface area contributed by atoms with Gasteiger partial charge in [-0.05, 0) is 37.1 Å². The van der Waals surface area contributed by atoms with Crippen molar-refractivity contribution < 1.29 is 23.1 Å². The lowest BCUT2D eigenvalue weighted by Gasteiger charge is -2.15. The topological polar surface area (TPSA) is 95.9 Å². The second-order valence-electron chi connectivity index (χ2n) is 4.94. The van der Waals surface area contributed by atoms with Crippen molar-refractivity contribution >= 4 is 15.9 Å². The summed E-state index contributed by atoms with van der Waals surface area (Å²) < 4.78 is 31.4. The fourth-order valence-electron chi connectivity index (χ4n) is 2.18. The zero-order valence-electron chi connectivity index (χ0n) is 12.2. The molecule has 0 unspecified atom stereocenters. The minimum atomic E-state index is -3.43. The number of ether oxygens (including phenoxy) is 1. The highest BCUT2D eigenvalue weighted by Gasteiger charge is 2.26. The lowest BCUT2D eigenvalue weighted by atomic mass is 10.3. The number of nitrogens with zero attached hydrogens (tertiary/aromatic N) is 1. The Bertz CT molecular complexity index is 594. The van der Waals surface area contributed by atoms with Gasteiger partial charge in [0.2, 0.25) is 10.0 Å². The summed E-state index contributed by atoms with van der Waals surface area (Å²) in [6.07, 6.45) is 1.78. The van der Waals surface area contributed by atoms with Gasteiger partial charge in [-0.1, -0.05) is 0 Å². The van der Waals surface area contributed by atoms with Gasteiger partial charge in [0.15, 0.2) is 6.61 Å². The van der Waals surface area contributed by atoms with Crippen LogP contribution in [-0.2, 0) is 14.8 Å². The first-order chi connectivity index (χ1) is 10.5. The minimum absolute atomic E-state index is 0.130. The number of sulfonamides is 1. The van der Waals surface area contributed by atoms with E-state index in [-0.39, 0.29) is 30.6 Å². The largest absolute Gasteiger partial charge is 0.484 e. The van der Waals surface area contributed by atoms with Crippen molar-refractivity contribution in [2.24, 2.45) is 0 Å². The predicted molar refractivity (Wildman–Crippen MR) is 80.0 cm³/mol. The fourth-order valence-corrected chi connectivity index (χ4v) is 3.70. The number of carbonyl (C=O) groups is 1. The van der Waals surface area contributed by atoms with Gasteiger partial charge in [-0.2, -0.15) is 4.31 Å². The van der Waals surface area contributed by atoms with Gasteiger partial charge in [-0.3, -0.25) is 4.79 Å². The molecule has 122 valence electrons. The van der Waals surface area contributed by atoms with E-state index in [9.17, 15) is 13.2 Å². The Hall–Kier alpha value is -1.64. The SMILES string of the molecule is O=C(COc1ccc(S(=O)(=O)N2CCCC2)cc1)NCCO. The summed E-state index contributed by atoms with van der Waals surface area (Å²) in [5.41, 5.74) is 0. The molecule has 1 aliphatic rings. The van der Waals surface area contributed by atoms with Gasteiger partial charge < -0.3 is 15.2 Å². The summed E-state index contributed by atoms with van der Waals surface area (Å²) in [6, 6.07) is 6.02. The summed E-state index contributed by atoms with van der Waals surface area (Å²) in [5, 5.41) is 11.0. The van der Waals surface area contributed by atoms with Crippen LogP contribution in [0.3, 0.4) is 0 Å². The number of amides is 1. The van der Waals surface area contributed by atoms with Crippen LogP contribution < -0.4 is 10.1 Å². The van der Waals surface area contributed by atoms with Crippen molar-refractivity contribution in [3.63, 3.8) is 0 Å². The molecule has 0 saturated carbocycles. The molecular weight excluding hydrogens is 308 g/mol. The Morgan fingerprint density at radius 2 is 1.86 bits per heavy atom. The summed E-state index contributed by atoms with van der Waals surface area (Å²) in [4.78, 5) is 11.6. The Balaban J connectivity index is 1.94. The highest BCUT2D eigenvalue weighted by molar-refractivity contribution is 7.89. The molecule has 0 atom stereocenters. The van der Waals surface area contributed by atoms with Gasteiger partial charge in [0.25, 0.3) is 5.91 Å². The molecule has 1 heterocycles. The standard InChI is InChI=1S/C14H20N2O5S/c17-10-7-15-14(18)11-21-12-3-5-13(6-4-12)22(19,20)16-8-1-2-9-16/h3-6,17H,1-2,7-11H2,(H,15,18). The fraction of sp³-hybridized carbons (Fsp3) is 0.500. The van der Waals surface area contributed by atoms with E-state index in [0.29, 0.717) is 18.8 Å². The van der Waals surface area contributed by atoms with E-state index in [1.165, 1.54) is 28.6 Å². The number of benzene rings is 1. The first-order valence-corrected chi connectivity index (χ1v) is 8.58. The summed E-state index contributed by atoms with van der Waals surface area (Å²) in [6.45, 7) is 0.986. The summed E-state index contributed by atoms with van der Waals surface area (Å²) in [7, 11) is -3.43. The lowest BCUT2D eigenvalue weighted by Crippen LogP contribution is -2.31. The maximum absolute atomic E-state index is 12.3. The van der Waals surface area contributed by atoms with E-state index in [1.807, 2.05) is 0 Å². The van der Waals surface area contributed by atoms with Crippen molar-refractivity contribution in [3.05, 3.63) is 24.3 Å². The van der Waals surface area contributed by atoms with E-state index in [4.69, 9.17) is 9.84 Å². The molecule has 1 fully saturated rings. The van der Waals surface area contributed by atoms with E-state index in [0.717, 1.165) is 12.8 Å². The van der Waals surface area contributed by atoms with Crippen LogP contribution in [0, 0.1) is 0 Å². The third-order valence-electron chi connectivity index (χ3n) is 3.33. The number of nitrogens with one attached hydrogen (secondary N) is 1. The molecule has 0 spiro atoms. The molecule has 0 aromatic heterocycles. The van der Waals surface area contributed by atoms with Crippen LogP contribution in [0.1, 0.15) is 12.8 Å². The Labute approximate surface area is 129 Å². The molecule has 2 N–H and O–H groups in total. The van der Waals surface area contributed by atoms with E-state index in [1.54, 1.807) is 0 Å². The van der Waals surface area contributed by atoms with E-state index < -0.39 is 10.0 Å². The monoisotopic (exact) mass is 328 g/mol. The quantitative estimate of drug-likeness (QED) is 0.732. The Morgan fingerprint density at radius 3 is 2.45 bits per heavy atom. The van der Waals surface area contributed by atoms with Gasteiger partial charge in [-0.15, -0.1) is 0 Å². The van der Waals surface area contributed by atoms with Crippen LogP contribution in [0.5, 0.6) is 5.75 Å². The van der Waals surface area contributed by atoms with E-state index >= 15 is 0 Å². The second-order valence-corrected chi connectivity index (χ2v) is 6.88. The maximum atomic E-state index is 12.3. The highest BCUT2D eigenvalue weighted by Crippen LogP contribution is 2.22.